The van der Waals surface area contributed by atoms with E-state index in [1.165, 1.54) is 6.26 Å². The molecule has 2 aromatic rings. The second-order valence-electron chi connectivity index (χ2n) is 7.47. The lowest BCUT2D eigenvalue weighted by Crippen LogP contribution is -2.33. The summed E-state index contributed by atoms with van der Waals surface area (Å²) in [7, 11) is -3.21. The highest BCUT2D eigenvalue weighted by Gasteiger charge is 2.30. The molecule has 0 saturated heterocycles. The van der Waals surface area contributed by atoms with Crippen LogP contribution in [-0.4, -0.2) is 43.1 Å². The van der Waals surface area contributed by atoms with Crippen LogP contribution in [0.3, 0.4) is 0 Å². The second kappa shape index (κ2) is 8.22. The van der Waals surface area contributed by atoms with Crippen molar-refractivity contribution in [1.29, 1.82) is 0 Å². The number of nitrogens with one attached hydrogen (secondary N) is 3. The van der Waals surface area contributed by atoms with Gasteiger partial charge >= 0.3 is 6.09 Å². The van der Waals surface area contributed by atoms with Crippen LogP contribution in [0.1, 0.15) is 44.7 Å². The number of benzene rings is 1. The maximum atomic E-state index is 11.7. The first-order valence-corrected chi connectivity index (χ1v) is 11.2. The highest BCUT2D eigenvalue weighted by atomic mass is 32.2. The van der Waals surface area contributed by atoms with Crippen molar-refractivity contribution in [3.8, 4) is 0 Å². The van der Waals surface area contributed by atoms with Crippen molar-refractivity contribution in [2.75, 3.05) is 11.6 Å². The molecule has 3 N–H and O–H groups in total. The molecule has 1 aromatic heterocycles. The Bertz CT molecular complexity index is 922. The standard InChI is InChI=1S/C19H26N4O4S/c1-12(2)20-19(24)27-15-7-4-13(10-15)17-11-18(23-22-17)21-14-5-8-16(9-6-14)28(3,25)26/h5-6,8-9,11-13,15H,4,7,10H2,1-3H3,(H,20,24)(H2,21,22,23)/t13-,15+/m0/s1. The molecule has 1 aliphatic rings. The first-order valence-electron chi connectivity index (χ1n) is 9.30. The third-order valence-electron chi connectivity index (χ3n) is 4.66. The Balaban J connectivity index is 1.56. The zero-order valence-corrected chi connectivity index (χ0v) is 17.0. The molecule has 0 spiro atoms. The van der Waals surface area contributed by atoms with Gasteiger partial charge in [-0.05, 0) is 57.4 Å². The first kappa shape index (κ1) is 20.2. The molecule has 2 atom stereocenters. The topological polar surface area (TPSA) is 113 Å². The predicted molar refractivity (Wildman–Crippen MR) is 107 cm³/mol. The van der Waals surface area contributed by atoms with Gasteiger partial charge in [-0.3, -0.25) is 5.10 Å². The molecular weight excluding hydrogens is 380 g/mol. The van der Waals surface area contributed by atoms with E-state index in [9.17, 15) is 13.2 Å². The molecule has 8 nitrogen and oxygen atoms in total. The number of anilines is 2. The smallest absolute Gasteiger partial charge is 0.407 e. The minimum atomic E-state index is -3.21. The highest BCUT2D eigenvalue weighted by molar-refractivity contribution is 7.90. The van der Waals surface area contributed by atoms with Crippen LogP contribution in [0.2, 0.25) is 0 Å². The predicted octanol–water partition coefficient (Wildman–Crippen LogP) is 3.33. The van der Waals surface area contributed by atoms with Crippen molar-refractivity contribution in [2.45, 2.75) is 56.1 Å². The number of ether oxygens (including phenoxy) is 1. The van der Waals surface area contributed by atoms with Gasteiger partial charge in [0.25, 0.3) is 0 Å². The van der Waals surface area contributed by atoms with Crippen LogP contribution in [0.4, 0.5) is 16.3 Å². The molecule has 1 amide bonds. The minimum Gasteiger partial charge on any atom is -0.446 e. The molecule has 3 rings (SSSR count). The van der Waals surface area contributed by atoms with Crippen molar-refractivity contribution < 1.29 is 17.9 Å². The molecular formula is C19H26N4O4S. The molecule has 1 aliphatic carbocycles. The summed E-state index contributed by atoms with van der Waals surface area (Å²) in [6.45, 7) is 3.79. The number of H-pyrrole nitrogens is 1. The summed E-state index contributed by atoms with van der Waals surface area (Å²) < 4.78 is 28.5. The van der Waals surface area contributed by atoms with E-state index in [1.807, 2.05) is 19.9 Å². The summed E-state index contributed by atoms with van der Waals surface area (Å²) >= 11 is 0. The van der Waals surface area contributed by atoms with E-state index in [2.05, 4.69) is 20.8 Å². The van der Waals surface area contributed by atoms with Crippen molar-refractivity contribution in [3.05, 3.63) is 36.0 Å². The Morgan fingerprint density at radius 1 is 1.25 bits per heavy atom. The zero-order valence-electron chi connectivity index (χ0n) is 16.2. The lowest BCUT2D eigenvalue weighted by molar-refractivity contribution is 0.0981. The summed E-state index contributed by atoms with van der Waals surface area (Å²) in [4.78, 5) is 12.0. The summed E-state index contributed by atoms with van der Waals surface area (Å²) in [6.07, 6.45) is 3.23. The van der Waals surface area contributed by atoms with E-state index in [0.29, 0.717) is 5.82 Å². The van der Waals surface area contributed by atoms with E-state index < -0.39 is 9.84 Å². The van der Waals surface area contributed by atoms with E-state index >= 15 is 0 Å². The molecule has 0 aliphatic heterocycles. The van der Waals surface area contributed by atoms with Crippen molar-refractivity contribution in [1.82, 2.24) is 15.5 Å². The summed E-state index contributed by atoms with van der Waals surface area (Å²) in [5.41, 5.74) is 1.74. The Labute approximate surface area is 165 Å². The zero-order chi connectivity index (χ0) is 20.3. The van der Waals surface area contributed by atoms with Crippen molar-refractivity contribution in [2.24, 2.45) is 0 Å². The molecule has 152 valence electrons. The minimum absolute atomic E-state index is 0.0532. The average Bonchev–Trinajstić information content (AvgIpc) is 3.23. The summed E-state index contributed by atoms with van der Waals surface area (Å²) in [5, 5.41) is 13.2. The molecule has 9 heteroatoms. The third-order valence-corrected chi connectivity index (χ3v) is 5.79. The van der Waals surface area contributed by atoms with Crippen LogP contribution in [0.25, 0.3) is 0 Å². The number of rotatable bonds is 6. The van der Waals surface area contributed by atoms with Crippen LogP contribution in [0, 0.1) is 0 Å². The van der Waals surface area contributed by atoms with Gasteiger partial charge in [-0.2, -0.15) is 5.10 Å². The molecule has 1 fully saturated rings. The van der Waals surface area contributed by atoms with Crippen LogP contribution in [0.15, 0.2) is 35.2 Å². The van der Waals surface area contributed by atoms with E-state index in [1.54, 1.807) is 24.3 Å². The van der Waals surface area contributed by atoms with Gasteiger partial charge in [0.15, 0.2) is 15.7 Å². The number of alkyl carbamates (subject to hydrolysis) is 1. The molecule has 28 heavy (non-hydrogen) atoms. The number of carbonyl (C=O) groups is 1. The molecule has 0 bridgehead atoms. The van der Waals surface area contributed by atoms with Gasteiger partial charge in [0, 0.05) is 35.7 Å². The number of nitrogens with zero attached hydrogens (tertiary/aromatic N) is 1. The van der Waals surface area contributed by atoms with Gasteiger partial charge in [0.1, 0.15) is 6.10 Å². The van der Waals surface area contributed by atoms with Gasteiger partial charge < -0.3 is 15.4 Å². The van der Waals surface area contributed by atoms with Crippen LogP contribution < -0.4 is 10.6 Å². The third kappa shape index (κ3) is 5.25. The summed E-state index contributed by atoms with van der Waals surface area (Å²) in [6, 6.07) is 8.52. The molecule has 0 unspecified atom stereocenters. The largest absolute Gasteiger partial charge is 0.446 e. The number of sulfone groups is 1. The number of hydrogen-bond acceptors (Lipinski definition) is 6. The first-order chi connectivity index (χ1) is 13.2. The fraction of sp³-hybridized carbons (Fsp3) is 0.474. The highest BCUT2D eigenvalue weighted by Crippen LogP contribution is 2.36. The van der Waals surface area contributed by atoms with Gasteiger partial charge in [-0.25, -0.2) is 13.2 Å². The number of carbonyl (C=O) groups excluding carboxylic acids is 1. The lowest BCUT2D eigenvalue weighted by Gasteiger charge is -2.14. The Hall–Kier alpha value is -2.55. The van der Waals surface area contributed by atoms with Gasteiger partial charge in [-0.1, -0.05) is 0 Å². The Morgan fingerprint density at radius 3 is 2.61 bits per heavy atom. The number of aromatic nitrogens is 2. The Kier molecular flexibility index (Phi) is 5.93. The monoisotopic (exact) mass is 406 g/mol. The van der Waals surface area contributed by atoms with E-state index in [-0.39, 0.29) is 29.1 Å². The van der Waals surface area contributed by atoms with Crippen molar-refractivity contribution in [3.63, 3.8) is 0 Å². The number of aromatic amines is 1. The number of amides is 1. The normalized spacial score (nSPS) is 19.6. The van der Waals surface area contributed by atoms with Gasteiger partial charge in [-0.15, -0.1) is 0 Å². The maximum absolute atomic E-state index is 11.7. The SMILES string of the molecule is CC(C)NC(=O)O[C@@H]1CC[C@H](c2cc(Nc3ccc(S(C)(=O)=O)cc3)n[nH]2)C1. The van der Waals surface area contributed by atoms with Gasteiger partial charge in [0.2, 0.25) is 0 Å². The second-order valence-corrected chi connectivity index (χ2v) is 9.48. The van der Waals surface area contributed by atoms with Crippen LogP contribution >= 0.6 is 0 Å². The van der Waals surface area contributed by atoms with Gasteiger partial charge in [0.05, 0.1) is 4.90 Å². The summed E-state index contributed by atoms with van der Waals surface area (Å²) in [5.74, 6) is 0.913. The molecule has 0 radical (unpaired) electrons. The maximum Gasteiger partial charge on any atom is 0.407 e. The van der Waals surface area contributed by atoms with Crippen LogP contribution in [0.5, 0.6) is 0 Å². The number of hydrogen-bond donors (Lipinski definition) is 3. The van der Waals surface area contributed by atoms with E-state index in [4.69, 9.17) is 4.74 Å². The van der Waals surface area contributed by atoms with Crippen LogP contribution in [-0.2, 0) is 14.6 Å². The van der Waals surface area contributed by atoms with Crippen molar-refractivity contribution >= 4 is 27.4 Å². The molecule has 1 saturated carbocycles. The lowest BCUT2D eigenvalue weighted by atomic mass is 10.0. The average molecular weight is 407 g/mol. The fourth-order valence-corrected chi connectivity index (χ4v) is 3.92. The fourth-order valence-electron chi connectivity index (χ4n) is 3.29. The molecule has 1 heterocycles. The Morgan fingerprint density at radius 2 is 1.96 bits per heavy atom. The van der Waals surface area contributed by atoms with E-state index in [0.717, 1.165) is 30.6 Å². The quantitative estimate of drug-likeness (QED) is 0.678. The molecule has 1 aromatic carbocycles.